The molecule has 0 aliphatic heterocycles. The van der Waals surface area contributed by atoms with E-state index < -0.39 is 10.0 Å². The predicted molar refractivity (Wildman–Crippen MR) is 69.6 cm³/mol. The van der Waals surface area contributed by atoms with E-state index in [1.54, 1.807) is 0 Å². The molecule has 0 spiro atoms. The Bertz CT molecular complexity index is 653. The minimum Gasteiger partial charge on any atom is -0.496 e. The molecule has 1 heterocycles. The number of benzene rings is 1. The summed E-state index contributed by atoms with van der Waals surface area (Å²) in [7, 11) is -2.39. The number of sulfonamides is 1. The van der Waals surface area contributed by atoms with Crippen LogP contribution in [0.3, 0.4) is 0 Å². The van der Waals surface area contributed by atoms with E-state index in [-0.39, 0.29) is 10.8 Å². The molecule has 19 heavy (non-hydrogen) atoms. The molecule has 0 aliphatic carbocycles. The number of nitrogens with zero attached hydrogens (tertiary/aromatic N) is 3. The van der Waals surface area contributed by atoms with Crippen LogP contribution in [0.15, 0.2) is 41.6 Å². The fourth-order valence-corrected chi connectivity index (χ4v) is 2.16. The van der Waals surface area contributed by atoms with Crippen LogP contribution >= 0.6 is 0 Å². The first-order valence-corrected chi connectivity index (χ1v) is 6.65. The van der Waals surface area contributed by atoms with Gasteiger partial charge in [0.1, 0.15) is 5.75 Å². The number of anilines is 1. The highest BCUT2D eigenvalue weighted by molar-refractivity contribution is 7.94. The molecule has 0 bridgehead atoms. The second-order valence-electron chi connectivity index (χ2n) is 3.56. The van der Waals surface area contributed by atoms with Gasteiger partial charge in [-0.3, -0.25) is 4.72 Å². The van der Waals surface area contributed by atoms with Crippen LogP contribution in [0, 0.1) is 0 Å². The maximum atomic E-state index is 11.9. The highest BCUT2D eigenvalue weighted by Gasteiger charge is 2.11. The number of aromatic nitrogens is 2. The fraction of sp³-hybridized carbons (Fsp3) is 0.0909. The number of ether oxygens (including phenoxy) is 1. The Morgan fingerprint density at radius 3 is 2.26 bits per heavy atom. The molecule has 0 unspecified atom stereocenters. The SMILES string of the molecule is COc1cnc([N-]S(=O)(=O)c2ccc(N)cc2)nc1. The third-order valence-electron chi connectivity index (χ3n) is 2.23. The molecule has 8 heteroatoms. The minimum absolute atomic E-state index is 0.0288. The lowest BCUT2D eigenvalue weighted by Gasteiger charge is -2.13. The molecule has 0 saturated heterocycles. The fourth-order valence-electron chi connectivity index (χ4n) is 1.26. The number of rotatable bonds is 4. The zero-order valence-corrected chi connectivity index (χ0v) is 10.8. The van der Waals surface area contributed by atoms with Crippen molar-refractivity contribution in [2.75, 3.05) is 12.8 Å². The van der Waals surface area contributed by atoms with Crippen molar-refractivity contribution in [1.29, 1.82) is 0 Å². The molecule has 100 valence electrons. The first-order valence-electron chi connectivity index (χ1n) is 5.21. The third kappa shape index (κ3) is 3.10. The maximum Gasteiger partial charge on any atom is 0.229 e. The number of nitrogens with two attached hydrogens (primary N) is 1. The molecule has 1 aromatic heterocycles. The highest BCUT2D eigenvalue weighted by Crippen LogP contribution is 2.25. The molecule has 2 N–H and O–H groups in total. The molecule has 2 rings (SSSR count). The van der Waals surface area contributed by atoms with Gasteiger partial charge in [-0.2, -0.15) is 0 Å². The average Bonchev–Trinajstić information content (AvgIpc) is 2.40. The summed E-state index contributed by atoms with van der Waals surface area (Å²) in [6, 6.07) is 5.71. The molecule has 0 radical (unpaired) electrons. The van der Waals surface area contributed by atoms with Crippen molar-refractivity contribution in [1.82, 2.24) is 9.97 Å². The molecule has 0 atom stereocenters. The lowest BCUT2D eigenvalue weighted by Crippen LogP contribution is -2.00. The summed E-state index contributed by atoms with van der Waals surface area (Å²) in [5.74, 6) is 0.265. The Kier molecular flexibility index (Phi) is 3.52. The van der Waals surface area contributed by atoms with Gasteiger partial charge >= 0.3 is 0 Å². The zero-order valence-electron chi connectivity index (χ0n) is 10.0. The molecule has 0 saturated carbocycles. The Hall–Kier alpha value is -2.35. The largest absolute Gasteiger partial charge is 0.496 e. The Labute approximate surface area is 110 Å². The van der Waals surface area contributed by atoms with E-state index in [9.17, 15) is 8.42 Å². The summed E-state index contributed by atoms with van der Waals surface area (Å²) < 4.78 is 32.3. The number of nitrogen functional groups attached to an aromatic ring is 1. The normalized spacial score (nSPS) is 11.0. The van der Waals surface area contributed by atoms with Gasteiger partial charge in [0.05, 0.1) is 12.0 Å². The van der Waals surface area contributed by atoms with E-state index >= 15 is 0 Å². The van der Waals surface area contributed by atoms with Gasteiger partial charge in [-0.15, -0.1) is 0 Å². The molecular weight excluding hydrogens is 268 g/mol. The van der Waals surface area contributed by atoms with E-state index in [0.717, 1.165) is 0 Å². The van der Waals surface area contributed by atoms with E-state index in [0.29, 0.717) is 11.4 Å². The van der Waals surface area contributed by atoms with Gasteiger partial charge in [0.25, 0.3) is 0 Å². The first-order chi connectivity index (χ1) is 9.01. The third-order valence-corrected chi connectivity index (χ3v) is 3.50. The topological polar surface area (TPSA) is 109 Å². The monoisotopic (exact) mass is 279 g/mol. The molecule has 1 aromatic carbocycles. The van der Waals surface area contributed by atoms with Gasteiger partial charge in [0, 0.05) is 11.6 Å². The average molecular weight is 279 g/mol. The standard InChI is InChI=1S/C11H11N4O3S/c1-18-9-6-13-11(14-7-9)15-19(16,17)10-4-2-8(12)3-5-10/h2-7H,12H2,1H3/q-1. The highest BCUT2D eigenvalue weighted by atomic mass is 32.2. The summed E-state index contributed by atoms with van der Waals surface area (Å²) in [5, 5.41) is 0. The van der Waals surface area contributed by atoms with Crippen molar-refractivity contribution in [3.8, 4) is 5.75 Å². The second-order valence-corrected chi connectivity index (χ2v) is 5.16. The van der Waals surface area contributed by atoms with E-state index in [4.69, 9.17) is 10.5 Å². The van der Waals surface area contributed by atoms with Crippen molar-refractivity contribution < 1.29 is 13.2 Å². The van der Waals surface area contributed by atoms with Crippen LogP contribution in [-0.2, 0) is 10.0 Å². The van der Waals surface area contributed by atoms with Gasteiger partial charge in [0.2, 0.25) is 10.0 Å². The molecule has 0 amide bonds. The summed E-state index contributed by atoms with van der Waals surface area (Å²) in [4.78, 5) is 7.57. The first kappa shape index (κ1) is 13.1. The van der Waals surface area contributed by atoms with Gasteiger partial charge in [-0.25, -0.2) is 8.42 Å². The van der Waals surface area contributed by atoms with Gasteiger partial charge in [-0.1, -0.05) is 0 Å². The van der Waals surface area contributed by atoms with Crippen molar-refractivity contribution in [3.63, 3.8) is 0 Å². The predicted octanol–water partition coefficient (Wildman–Crippen LogP) is 1.46. The summed E-state index contributed by atoms with van der Waals surface area (Å²) >= 11 is 0. The van der Waals surface area contributed by atoms with E-state index in [1.807, 2.05) is 0 Å². The lowest BCUT2D eigenvalue weighted by molar-refractivity contribution is 0.411. The van der Waals surface area contributed by atoms with Crippen LogP contribution in [0.25, 0.3) is 4.72 Å². The van der Waals surface area contributed by atoms with Gasteiger partial charge < -0.3 is 20.4 Å². The smallest absolute Gasteiger partial charge is 0.229 e. The van der Waals surface area contributed by atoms with Gasteiger partial charge in [-0.05, 0) is 36.7 Å². The molecular formula is C11H11N4O3S-. The number of methoxy groups -OCH3 is 1. The second kappa shape index (κ2) is 5.11. The van der Waals surface area contributed by atoms with Crippen molar-refractivity contribution >= 4 is 21.7 Å². The summed E-state index contributed by atoms with van der Waals surface area (Å²) in [6.45, 7) is 0. The van der Waals surface area contributed by atoms with E-state index in [1.165, 1.54) is 43.8 Å². The Balaban J connectivity index is 2.23. The van der Waals surface area contributed by atoms with Crippen molar-refractivity contribution in [2.24, 2.45) is 0 Å². The van der Waals surface area contributed by atoms with Crippen LogP contribution in [0.2, 0.25) is 0 Å². The lowest BCUT2D eigenvalue weighted by atomic mass is 10.3. The summed E-state index contributed by atoms with van der Waals surface area (Å²) in [5.41, 5.74) is 5.96. The zero-order chi connectivity index (χ0) is 13.9. The maximum absolute atomic E-state index is 11.9. The number of hydrogen-bond acceptors (Lipinski definition) is 6. The minimum atomic E-state index is -3.85. The molecule has 0 fully saturated rings. The molecule has 2 aromatic rings. The van der Waals surface area contributed by atoms with Crippen LogP contribution in [-0.4, -0.2) is 25.5 Å². The van der Waals surface area contributed by atoms with Crippen LogP contribution in [0.4, 0.5) is 11.6 Å². The Morgan fingerprint density at radius 1 is 1.16 bits per heavy atom. The van der Waals surface area contributed by atoms with Crippen molar-refractivity contribution in [2.45, 2.75) is 4.90 Å². The van der Waals surface area contributed by atoms with Crippen molar-refractivity contribution in [3.05, 3.63) is 41.4 Å². The number of hydrogen-bond donors (Lipinski definition) is 1. The van der Waals surface area contributed by atoms with Gasteiger partial charge in [0.15, 0.2) is 0 Å². The molecule has 0 aliphatic rings. The van der Waals surface area contributed by atoms with Crippen LogP contribution in [0.1, 0.15) is 0 Å². The summed E-state index contributed by atoms with van der Waals surface area (Å²) in [6.07, 6.45) is 2.68. The Morgan fingerprint density at radius 2 is 1.74 bits per heavy atom. The van der Waals surface area contributed by atoms with E-state index in [2.05, 4.69) is 14.7 Å². The molecule has 7 nitrogen and oxygen atoms in total. The van der Waals surface area contributed by atoms with Crippen LogP contribution < -0.4 is 10.5 Å². The quantitative estimate of drug-likeness (QED) is 0.848. The van der Waals surface area contributed by atoms with Crippen LogP contribution in [0.5, 0.6) is 5.75 Å².